The highest BCUT2D eigenvalue weighted by Crippen LogP contribution is 2.33. The average Bonchev–Trinajstić information content (AvgIpc) is 2.72. The minimum absolute atomic E-state index is 0.00187. The zero-order valence-electron chi connectivity index (χ0n) is 10.8. The minimum Gasteiger partial charge on any atom is -0.488 e. The number of benzene rings is 2. The summed E-state index contributed by atoms with van der Waals surface area (Å²) in [6.45, 7) is 1.97. The first-order valence-corrected chi connectivity index (χ1v) is 6.79. The molecule has 0 saturated heterocycles. The van der Waals surface area contributed by atoms with Crippen LogP contribution in [0.3, 0.4) is 0 Å². The fourth-order valence-electron chi connectivity index (χ4n) is 2.57. The maximum atomic E-state index is 6.26. The van der Waals surface area contributed by atoms with Crippen LogP contribution in [-0.2, 0) is 6.42 Å². The van der Waals surface area contributed by atoms with Gasteiger partial charge in [-0.15, -0.1) is 0 Å². The van der Waals surface area contributed by atoms with Gasteiger partial charge in [-0.05, 0) is 41.8 Å². The molecular formula is C16H16ClNO. The molecule has 2 N–H and O–H groups in total. The summed E-state index contributed by atoms with van der Waals surface area (Å²) in [5, 5.41) is 0.756. The Kier molecular flexibility index (Phi) is 3.21. The summed E-state index contributed by atoms with van der Waals surface area (Å²) in [6.07, 6.45) is 0.858. The summed E-state index contributed by atoms with van der Waals surface area (Å²) in [4.78, 5) is 0. The predicted molar refractivity (Wildman–Crippen MR) is 77.7 cm³/mol. The number of hydrogen-bond donors (Lipinski definition) is 1. The largest absolute Gasteiger partial charge is 0.488 e. The van der Waals surface area contributed by atoms with Gasteiger partial charge in [0, 0.05) is 11.4 Å². The lowest BCUT2D eigenvalue weighted by Gasteiger charge is -2.19. The van der Waals surface area contributed by atoms with Crippen LogP contribution in [0.1, 0.15) is 22.7 Å². The Morgan fingerprint density at radius 2 is 2.00 bits per heavy atom. The van der Waals surface area contributed by atoms with Gasteiger partial charge >= 0.3 is 0 Å². The molecule has 0 fully saturated rings. The Hall–Kier alpha value is -1.51. The third-order valence-electron chi connectivity index (χ3n) is 3.65. The van der Waals surface area contributed by atoms with E-state index in [4.69, 9.17) is 22.1 Å². The highest BCUT2D eigenvalue weighted by atomic mass is 35.5. The molecule has 2 aromatic rings. The first kappa shape index (κ1) is 12.5. The van der Waals surface area contributed by atoms with Crippen LogP contribution in [0.15, 0.2) is 42.5 Å². The zero-order chi connectivity index (χ0) is 13.4. The molecule has 3 heteroatoms. The lowest BCUT2D eigenvalue weighted by Crippen LogP contribution is -2.27. The number of fused-ring (bicyclic) bond motifs is 1. The minimum atomic E-state index is -0.0628. The Bertz CT molecular complexity index is 611. The van der Waals surface area contributed by atoms with Gasteiger partial charge in [0.1, 0.15) is 11.9 Å². The van der Waals surface area contributed by atoms with Crippen LogP contribution in [0.2, 0.25) is 5.02 Å². The summed E-state index contributed by atoms with van der Waals surface area (Å²) in [7, 11) is 0. The molecule has 0 aromatic heterocycles. The van der Waals surface area contributed by atoms with E-state index in [1.807, 2.05) is 37.3 Å². The molecule has 0 bridgehead atoms. The van der Waals surface area contributed by atoms with Crippen molar-refractivity contribution < 1.29 is 4.74 Å². The molecule has 2 atom stereocenters. The van der Waals surface area contributed by atoms with E-state index in [0.29, 0.717) is 0 Å². The van der Waals surface area contributed by atoms with Crippen LogP contribution in [-0.4, -0.2) is 6.10 Å². The van der Waals surface area contributed by atoms with Gasteiger partial charge in [-0.2, -0.15) is 0 Å². The van der Waals surface area contributed by atoms with E-state index in [1.54, 1.807) is 0 Å². The summed E-state index contributed by atoms with van der Waals surface area (Å²) >= 11 is 6.02. The van der Waals surface area contributed by atoms with E-state index in [2.05, 4.69) is 12.1 Å². The fraction of sp³-hybridized carbons (Fsp3) is 0.250. The Labute approximate surface area is 118 Å². The van der Waals surface area contributed by atoms with E-state index in [-0.39, 0.29) is 12.1 Å². The molecule has 3 rings (SSSR count). The molecule has 0 spiro atoms. The highest BCUT2D eigenvalue weighted by molar-refractivity contribution is 6.31. The first-order chi connectivity index (χ1) is 9.15. The number of hydrogen-bond acceptors (Lipinski definition) is 2. The number of halogens is 1. The van der Waals surface area contributed by atoms with Gasteiger partial charge in [0.2, 0.25) is 0 Å². The maximum Gasteiger partial charge on any atom is 0.122 e. The summed E-state index contributed by atoms with van der Waals surface area (Å²) in [5.41, 5.74) is 9.75. The molecule has 2 unspecified atom stereocenters. The van der Waals surface area contributed by atoms with Crippen molar-refractivity contribution in [1.29, 1.82) is 0 Å². The summed E-state index contributed by atoms with van der Waals surface area (Å²) in [6, 6.07) is 13.9. The molecule has 0 amide bonds. The molecular weight excluding hydrogens is 258 g/mol. The normalized spacial score (nSPS) is 21.2. The van der Waals surface area contributed by atoms with Crippen molar-refractivity contribution in [1.82, 2.24) is 0 Å². The van der Waals surface area contributed by atoms with Gasteiger partial charge in [-0.1, -0.05) is 35.9 Å². The van der Waals surface area contributed by atoms with Gasteiger partial charge < -0.3 is 10.5 Å². The lowest BCUT2D eigenvalue weighted by atomic mass is 10.1. The number of nitrogens with two attached hydrogens (primary N) is 1. The first-order valence-electron chi connectivity index (χ1n) is 6.41. The second-order valence-corrected chi connectivity index (χ2v) is 5.40. The number of ether oxygens (including phenoxy) is 1. The van der Waals surface area contributed by atoms with Crippen LogP contribution < -0.4 is 10.5 Å². The van der Waals surface area contributed by atoms with Gasteiger partial charge in [0.15, 0.2) is 0 Å². The molecule has 0 aliphatic heterocycles. The van der Waals surface area contributed by atoms with Gasteiger partial charge in [0.05, 0.1) is 6.04 Å². The molecule has 2 nitrogen and oxygen atoms in total. The zero-order valence-corrected chi connectivity index (χ0v) is 11.5. The van der Waals surface area contributed by atoms with Crippen LogP contribution in [0.4, 0.5) is 0 Å². The average molecular weight is 274 g/mol. The molecule has 0 saturated carbocycles. The van der Waals surface area contributed by atoms with Gasteiger partial charge in [-0.3, -0.25) is 0 Å². The van der Waals surface area contributed by atoms with Crippen molar-refractivity contribution in [3.8, 4) is 5.75 Å². The second kappa shape index (κ2) is 4.87. The van der Waals surface area contributed by atoms with Crippen LogP contribution in [0.25, 0.3) is 0 Å². The SMILES string of the molecule is Cc1cc(OC2Cc3ccccc3C2N)ccc1Cl. The van der Waals surface area contributed by atoms with Gasteiger partial charge in [-0.25, -0.2) is 0 Å². The quantitative estimate of drug-likeness (QED) is 0.906. The molecule has 1 aliphatic rings. The summed E-state index contributed by atoms with van der Waals surface area (Å²) in [5.74, 6) is 0.829. The van der Waals surface area contributed by atoms with Crippen LogP contribution in [0, 0.1) is 6.92 Å². The monoisotopic (exact) mass is 273 g/mol. The maximum absolute atomic E-state index is 6.26. The fourth-order valence-corrected chi connectivity index (χ4v) is 2.69. The number of rotatable bonds is 2. The standard InChI is InChI=1S/C16H16ClNO/c1-10-8-12(6-7-14(10)17)19-15-9-11-4-2-3-5-13(11)16(15)18/h2-8,15-16H,9,18H2,1H3. The summed E-state index contributed by atoms with van der Waals surface area (Å²) < 4.78 is 6.02. The third-order valence-corrected chi connectivity index (χ3v) is 4.08. The molecule has 19 heavy (non-hydrogen) atoms. The van der Waals surface area contributed by atoms with Gasteiger partial charge in [0.25, 0.3) is 0 Å². The number of aryl methyl sites for hydroxylation is 1. The second-order valence-electron chi connectivity index (χ2n) is 5.00. The van der Waals surface area contributed by atoms with Crippen LogP contribution >= 0.6 is 11.6 Å². The molecule has 2 aromatic carbocycles. The third kappa shape index (κ3) is 2.34. The Balaban J connectivity index is 1.80. The van der Waals surface area contributed by atoms with E-state index < -0.39 is 0 Å². The Morgan fingerprint density at radius 1 is 1.21 bits per heavy atom. The van der Waals surface area contributed by atoms with Crippen molar-refractivity contribution in [2.75, 3.05) is 0 Å². The topological polar surface area (TPSA) is 35.2 Å². The van der Waals surface area contributed by atoms with E-state index in [9.17, 15) is 0 Å². The Morgan fingerprint density at radius 3 is 2.74 bits per heavy atom. The van der Waals surface area contributed by atoms with Crippen molar-refractivity contribution in [3.05, 3.63) is 64.2 Å². The smallest absolute Gasteiger partial charge is 0.122 e. The molecule has 1 aliphatic carbocycles. The highest BCUT2D eigenvalue weighted by Gasteiger charge is 2.30. The van der Waals surface area contributed by atoms with Crippen molar-refractivity contribution >= 4 is 11.6 Å². The van der Waals surface area contributed by atoms with Crippen molar-refractivity contribution in [3.63, 3.8) is 0 Å². The van der Waals surface area contributed by atoms with E-state index >= 15 is 0 Å². The molecule has 0 heterocycles. The molecule has 98 valence electrons. The molecule has 0 radical (unpaired) electrons. The van der Waals surface area contributed by atoms with Crippen molar-refractivity contribution in [2.24, 2.45) is 5.73 Å². The van der Waals surface area contributed by atoms with Crippen LogP contribution in [0.5, 0.6) is 5.75 Å². The van der Waals surface area contributed by atoms with E-state index in [0.717, 1.165) is 22.8 Å². The lowest BCUT2D eigenvalue weighted by molar-refractivity contribution is 0.185. The predicted octanol–water partition coefficient (Wildman–Crippen LogP) is 3.65. The van der Waals surface area contributed by atoms with Crippen molar-refractivity contribution in [2.45, 2.75) is 25.5 Å². The van der Waals surface area contributed by atoms with E-state index in [1.165, 1.54) is 11.1 Å².